The smallest absolute Gasteiger partial charge is 0.138 e. The van der Waals surface area contributed by atoms with Crippen LogP contribution in [0.25, 0.3) is 54.9 Å². The summed E-state index contributed by atoms with van der Waals surface area (Å²) in [6.45, 7) is 4.24. The molecule has 0 radical (unpaired) electrons. The number of nitrogens with one attached hydrogen (secondary N) is 3. The second-order valence-electron chi connectivity index (χ2n) is 8.38. The number of pyridine rings is 2. The van der Waals surface area contributed by atoms with E-state index in [-0.39, 0.29) is 0 Å². The maximum atomic E-state index is 4.64. The first-order valence-electron chi connectivity index (χ1n) is 10.9. The zero-order chi connectivity index (χ0) is 22.4. The van der Waals surface area contributed by atoms with Crippen molar-refractivity contribution in [2.75, 3.05) is 5.32 Å². The third-order valence-corrected chi connectivity index (χ3v) is 6.57. The molecule has 0 saturated carbocycles. The third kappa shape index (κ3) is 3.56. The highest BCUT2D eigenvalue weighted by molar-refractivity contribution is 7.13. The van der Waals surface area contributed by atoms with Crippen LogP contribution in [0.1, 0.15) is 13.8 Å². The zero-order valence-electron chi connectivity index (χ0n) is 18.3. The summed E-state index contributed by atoms with van der Waals surface area (Å²) < 4.78 is 0. The van der Waals surface area contributed by atoms with E-state index in [0.717, 1.165) is 50.1 Å². The number of hydrogen-bond acceptors (Lipinski definition) is 5. The highest BCUT2D eigenvalue weighted by Gasteiger charge is 2.15. The highest BCUT2D eigenvalue weighted by Crippen LogP contribution is 2.36. The van der Waals surface area contributed by atoms with Crippen molar-refractivity contribution in [1.29, 1.82) is 0 Å². The molecule has 162 valence electrons. The SMILES string of the molecule is CC(C)Nc1cncc(-c2ccc3[nH]nc(-c4cc5c(-c6cccs6)ccnc5[nH]4)c3c2)c1. The van der Waals surface area contributed by atoms with Crippen LogP contribution < -0.4 is 5.32 Å². The number of benzene rings is 1. The lowest BCUT2D eigenvalue weighted by Gasteiger charge is -2.11. The summed E-state index contributed by atoms with van der Waals surface area (Å²) >= 11 is 1.73. The van der Waals surface area contributed by atoms with E-state index in [1.165, 1.54) is 10.4 Å². The molecule has 0 fully saturated rings. The van der Waals surface area contributed by atoms with E-state index in [4.69, 9.17) is 0 Å². The van der Waals surface area contributed by atoms with Crippen molar-refractivity contribution >= 4 is 39.0 Å². The van der Waals surface area contributed by atoms with E-state index < -0.39 is 0 Å². The van der Waals surface area contributed by atoms with Crippen LogP contribution >= 0.6 is 11.3 Å². The quantitative estimate of drug-likeness (QED) is 0.272. The van der Waals surface area contributed by atoms with Crippen molar-refractivity contribution in [3.05, 3.63) is 72.5 Å². The van der Waals surface area contributed by atoms with Gasteiger partial charge in [-0.05, 0) is 61.2 Å². The number of rotatable bonds is 5. The number of aromatic amines is 2. The van der Waals surface area contributed by atoms with Gasteiger partial charge in [-0.25, -0.2) is 4.98 Å². The Hall–Kier alpha value is -3.97. The molecule has 6 nitrogen and oxygen atoms in total. The Bertz CT molecular complexity index is 1580. The minimum Gasteiger partial charge on any atom is -0.382 e. The van der Waals surface area contributed by atoms with E-state index in [1.807, 2.05) is 18.6 Å². The van der Waals surface area contributed by atoms with Gasteiger partial charge in [-0.3, -0.25) is 10.1 Å². The monoisotopic (exact) mass is 450 g/mol. The second kappa shape index (κ2) is 7.86. The predicted octanol–water partition coefficient (Wildman–Crippen LogP) is 6.72. The largest absolute Gasteiger partial charge is 0.382 e. The molecule has 0 atom stereocenters. The summed E-state index contributed by atoms with van der Waals surface area (Å²) in [5, 5.41) is 15.5. The molecule has 5 heterocycles. The van der Waals surface area contributed by atoms with Gasteiger partial charge >= 0.3 is 0 Å². The van der Waals surface area contributed by atoms with E-state index in [2.05, 4.69) is 98.2 Å². The van der Waals surface area contributed by atoms with Crippen LogP contribution in [0.4, 0.5) is 5.69 Å². The Labute approximate surface area is 194 Å². The molecule has 0 unspecified atom stereocenters. The molecule has 33 heavy (non-hydrogen) atoms. The highest BCUT2D eigenvalue weighted by atomic mass is 32.1. The fraction of sp³-hybridized carbons (Fsp3) is 0.115. The molecule has 0 aliphatic rings. The van der Waals surface area contributed by atoms with Crippen molar-refractivity contribution in [2.24, 2.45) is 0 Å². The fourth-order valence-corrected chi connectivity index (χ4v) is 4.98. The molecule has 6 aromatic rings. The topological polar surface area (TPSA) is 82.3 Å². The van der Waals surface area contributed by atoms with Crippen molar-refractivity contribution < 1.29 is 0 Å². The van der Waals surface area contributed by atoms with Crippen LogP contribution in [-0.2, 0) is 0 Å². The lowest BCUT2D eigenvalue weighted by molar-refractivity contribution is 0.898. The Balaban J connectivity index is 1.45. The van der Waals surface area contributed by atoms with Gasteiger partial charge in [-0.15, -0.1) is 11.3 Å². The zero-order valence-corrected chi connectivity index (χ0v) is 19.1. The molecule has 7 heteroatoms. The van der Waals surface area contributed by atoms with Crippen LogP contribution in [0.5, 0.6) is 0 Å². The molecule has 1 aromatic carbocycles. The van der Waals surface area contributed by atoms with Crippen LogP contribution in [0.3, 0.4) is 0 Å². The average Bonchev–Trinajstić information content (AvgIpc) is 3.57. The number of nitrogens with zero attached hydrogens (tertiary/aromatic N) is 3. The van der Waals surface area contributed by atoms with Crippen LogP contribution in [-0.4, -0.2) is 31.2 Å². The van der Waals surface area contributed by atoms with Crippen molar-refractivity contribution in [2.45, 2.75) is 19.9 Å². The van der Waals surface area contributed by atoms with E-state index in [9.17, 15) is 0 Å². The van der Waals surface area contributed by atoms with Gasteiger partial charge in [0.2, 0.25) is 0 Å². The van der Waals surface area contributed by atoms with Crippen LogP contribution in [0, 0.1) is 0 Å². The van der Waals surface area contributed by atoms with E-state index in [0.29, 0.717) is 6.04 Å². The van der Waals surface area contributed by atoms with Gasteiger partial charge in [0.1, 0.15) is 11.3 Å². The predicted molar refractivity (Wildman–Crippen MR) is 136 cm³/mol. The first-order valence-corrected chi connectivity index (χ1v) is 11.8. The molecule has 0 saturated heterocycles. The molecule has 0 amide bonds. The Morgan fingerprint density at radius 2 is 1.91 bits per heavy atom. The number of thiophene rings is 1. The molecule has 0 aliphatic heterocycles. The number of fused-ring (bicyclic) bond motifs is 2. The minimum atomic E-state index is 0.347. The fourth-order valence-electron chi connectivity index (χ4n) is 4.21. The molecule has 5 aromatic heterocycles. The molecule has 6 rings (SSSR count). The van der Waals surface area contributed by atoms with Crippen LogP contribution in [0.15, 0.2) is 72.5 Å². The summed E-state index contributed by atoms with van der Waals surface area (Å²) in [4.78, 5) is 13.7. The number of hydrogen-bond donors (Lipinski definition) is 3. The Kier molecular flexibility index (Phi) is 4.69. The second-order valence-corrected chi connectivity index (χ2v) is 9.32. The molecule has 0 spiro atoms. The number of H-pyrrole nitrogens is 2. The summed E-state index contributed by atoms with van der Waals surface area (Å²) in [5.41, 5.74) is 8.02. The minimum absolute atomic E-state index is 0.347. The average molecular weight is 451 g/mol. The molecule has 0 bridgehead atoms. The first kappa shape index (κ1) is 19.7. The van der Waals surface area contributed by atoms with Crippen LogP contribution in [0.2, 0.25) is 0 Å². The van der Waals surface area contributed by atoms with Crippen molar-refractivity contribution in [3.8, 4) is 33.0 Å². The normalized spacial score (nSPS) is 11.6. The van der Waals surface area contributed by atoms with Gasteiger partial charge in [0.05, 0.1) is 16.9 Å². The lowest BCUT2D eigenvalue weighted by atomic mass is 10.0. The van der Waals surface area contributed by atoms with Crippen molar-refractivity contribution in [1.82, 2.24) is 25.1 Å². The maximum Gasteiger partial charge on any atom is 0.138 e. The summed E-state index contributed by atoms with van der Waals surface area (Å²) in [6.07, 6.45) is 5.60. The van der Waals surface area contributed by atoms with Gasteiger partial charge in [0.15, 0.2) is 0 Å². The lowest BCUT2D eigenvalue weighted by Crippen LogP contribution is -2.09. The van der Waals surface area contributed by atoms with Gasteiger partial charge < -0.3 is 10.3 Å². The van der Waals surface area contributed by atoms with Crippen molar-refractivity contribution in [3.63, 3.8) is 0 Å². The molecular weight excluding hydrogens is 428 g/mol. The standard InChI is InChI=1S/C26H22N6S/c1-15(2)29-18-10-17(13-27-14-18)16-5-6-22-21(11-16)25(32-31-22)23-12-20-19(24-4-3-9-33-24)7-8-28-26(20)30-23/h3-15,29H,1-2H3,(H,28,30)(H,31,32). The Morgan fingerprint density at radius 1 is 0.970 bits per heavy atom. The molecule has 3 N–H and O–H groups in total. The molecular formula is C26H22N6S. The van der Waals surface area contributed by atoms with Gasteiger partial charge in [0, 0.05) is 51.4 Å². The summed E-state index contributed by atoms with van der Waals surface area (Å²) in [5.74, 6) is 0. The van der Waals surface area contributed by atoms with Gasteiger partial charge in [-0.2, -0.15) is 5.10 Å². The summed E-state index contributed by atoms with van der Waals surface area (Å²) in [6, 6.07) is 17.2. The van der Waals surface area contributed by atoms with E-state index >= 15 is 0 Å². The van der Waals surface area contributed by atoms with Gasteiger partial charge in [-0.1, -0.05) is 12.1 Å². The number of anilines is 1. The Morgan fingerprint density at radius 3 is 2.76 bits per heavy atom. The van der Waals surface area contributed by atoms with E-state index in [1.54, 1.807) is 11.3 Å². The maximum absolute atomic E-state index is 4.64. The summed E-state index contributed by atoms with van der Waals surface area (Å²) in [7, 11) is 0. The first-order chi connectivity index (χ1) is 16.2. The molecule has 0 aliphatic carbocycles. The number of aromatic nitrogens is 5. The third-order valence-electron chi connectivity index (χ3n) is 5.66. The van der Waals surface area contributed by atoms with Gasteiger partial charge in [0.25, 0.3) is 0 Å².